The van der Waals surface area contributed by atoms with Crippen molar-refractivity contribution in [2.24, 2.45) is 5.92 Å². The van der Waals surface area contributed by atoms with Gasteiger partial charge >= 0.3 is 0 Å². The summed E-state index contributed by atoms with van der Waals surface area (Å²) in [5.74, 6) is 1.92. The summed E-state index contributed by atoms with van der Waals surface area (Å²) in [6, 6.07) is 10.7. The van der Waals surface area contributed by atoms with Crippen molar-refractivity contribution in [3.63, 3.8) is 0 Å². The second kappa shape index (κ2) is 5.64. The van der Waals surface area contributed by atoms with Crippen LogP contribution in [0.5, 0.6) is 0 Å². The Bertz CT molecular complexity index is 490. The van der Waals surface area contributed by atoms with E-state index in [4.69, 9.17) is 4.74 Å². The number of rotatable bonds is 2. The van der Waals surface area contributed by atoms with Crippen LogP contribution in [-0.4, -0.2) is 6.61 Å². The summed E-state index contributed by atoms with van der Waals surface area (Å²) in [7, 11) is 0. The van der Waals surface area contributed by atoms with Gasteiger partial charge in [-0.2, -0.15) is 0 Å². The van der Waals surface area contributed by atoms with Crippen molar-refractivity contribution in [1.29, 1.82) is 0 Å². The summed E-state index contributed by atoms with van der Waals surface area (Å²) in [6.45, 7) is 2.95. The second-order valence-electron chi connectivity index (χ2n) is 5.62. The zero-order valence-corrected chi connectivity index (χ0v) is 11.7. The molecule has 0 unspecified atom stereocenters. The molecular weight excluding hydrogens is 232 g/mol. The van der Waals surface area contributed by atoms with Gasteiger partial charge in [0.1, 0.15) is 12.4 Å². The van der Waals surface area contributed by atoms with Gasteiger partial charge in [0.25, 0.3) is 0 Å². The Balaban J connectivity index is 1.90. The molecule has 0 atom stereocenters. The second-order valence-corrected chi connectivity index (χ2v) is 5.62. The Morgan fingerprint density at radius 2 is 1.74 bits per heavy atom. The predicted octanol–water partition coefficient (Wildman–Crippen LogP) is 4.95. The van der Waals surface area contributed by atoms with E-state index in [0.717, 1.165) is 6.61 Å². The fourth-order valence-electron chi connectivity index (χ4n) is 3.35. The van der Waals surface area contributed by atoms with E-state index in [1.807, 2.05) is 0 Å². The molecular formula is C18H22O. The predicted molar refractivity (Wildman–Crippen MR) is 79.6 cm³/mol. The Kier molecular flexibility index (Phi) is 3.72. The molecule has 1 aromatic carbocycles. The van der Waals surface area contributed by atoms with Gasteiger partial charge in [-0.05, 0) is 42.6 Å². The van der Waals surface area contributed by atoms with E-state index in [-0.39, 0.29) is 0 Å². The first-order valence-corrected chi connectivity index (χ1v) is 7.46. The van der Waals surface area contributed by atoms with Crippen LogP contribution >= 0.6 is 0 Å². The van der Waals surface area contributed by atoms with Crippen LogP contribution in [0.2, 0.25) is 0 Å². The molecule has 1 aromatic rings. The Labute approximate surface area is 116 Å². The molecule has 0 N–H and O–H groups in total. The number of ether oxygens (including phenoxy) is 1. The summed E-state index contributed by atoms with van der Waals surface area (Å²) in [4.78, 5) is 0. The van der Waals surface area contributed by atoms with Crippen molar-refractivity contribution in [2.45, 2.75) is 39.0 Å². The Morgan fingerprint density at radius 3 is 2.47 bits per heavy atom. The molecule has 0 amide bonds. The van der Waals surface area contributed by atoms with Crippen LogP contribution in [0.15, 0.2) is 47.7 Å². The van der Waals surface area contributed by atoms with E-state index >= 15 is 0 Å². The van der Waals surface area contributed by atoms with Crippen LogP contribution in [-0.2, 0) is 4.74 Å². The highest BCUT2D eigenvalue weighted by Crippen LogP contribution is 2.37. The largest absolute Gasteiger partial charge is 0.493 e. The Morgan fingerprint density at radius 1 is 1.00 bits per heavy atom. The molecule has 100 valence electrons. The average molecular weight is 254 g/mol. The van der Waals surface area contributed by atoms with Crippen molar-refractivity contribution >= 4 is 5.57 Å². The summed E-state index contributed by atoms with van der Waals surface area (Å²) < 4.78 is 5.98. The molecule has 0 aromatic heterocycles. The molecule has 1 saturated carbocycles. The number of allylic oxidation sites excluding steroid dienone is 3. The summed E-state index contributed by atoms with van der Waals surface area (Å²) in [6.07, 6.45) is 8.93. The zero-order valence-electron chi connectivity index (χ0n) is 11.7. The smallest absolute Gasteiger partial charge is 0.107 e. The lowest BCUT2D eigenvalue weighted by atomic mass is 9.84. The number of hydrogen-bond donors (Lipinski definition) is 0. The van der Waals surface area contributed by atoms with Gasteiger partial charge in [-0.1, -0.05) is 49.6 Å². The maximum Gasteiger partial charge on any atom is 0.107 e. The monoisotopic (exact) mass is 254 g/mol. The van der Waals surface area contributed by atoms with E-state index in [1.54, 1.807) is 0 Å². The van der Waals surface area contributed by atoms with E-state index in [0.29, 0.717) is 5.92 Å². The minimum atomic E-state index is 0.654. The molecule has 3 rings (SSSR count). The lowest BCUT2D eigenvalue weighted by Crippen LogP contribution is -2.16. The van der Waals surface area contributed by atoms with Crippen molar-refractivity contribution < 1.29 is 4.74 Å². The number of hydrogen-bond acceptors (Lipinski definition) is 1. The summed E-state index contributed by atoms with van der Waals surface area (Å²) >= 11 is 0. The first-order valence-electron chi connectivity index (χ1n) is 7.46. The number of benzene rings is 1. The fraction of sp³-hybridized carbons (Fsp3) is 0.444. The molecule has 1 nitrogen and oxygen atoms in total. The quantitative estimate of drug-likeness (QED) is 0.725. The maximum absolute atomic E-state index is 5.98. The van der Waals surface area contributed by atoms with Gasteiger partial charge in [-0.25, -0.2) is 0 Å². The molecule has 2 aliphatic rings. The summed E-state index contributed by atoms with van der Waals surface area (Å²) in [5.41, 5.74) is 4.04. The standard InChI is InChI=1S/C18H22O/c1-14-17(15-8-4-2-5-9-15)12-13-19-18(14)16-10-6-3-7-11-16/h2,4-5,8-9,12,16H,3,6-7,10-11,13H2,1H3. The van der Waals surface area contributed by atoms with E-state index < -0.39 is 0 Å². The van der Waals surface area contributed by atoms with Gasteiger partial charge < -0.3 is 4.74 Å². The van der Waals surface area contributed by atoms with Crippen molar-refractivity contribution in [3.05, 3.63) is 53.3 Å². The summed E-state index contributed by atoms with van der Waals surface area (Å²) in [5, 5.41) is 0. The molecule has 0 saturated heterocycles. The van der Waals surface area contributed by atoms with Crippen LogP contribution in [0, 0.1) is 5.92 Å². The first-order chi connectivity index (χ1) is 9.36. The van der Waals surface area contributed by atoms with Crippen LogP contribution in [0.1, 0.15) is 44.6 Å². The highest BCUT2D eigenvalue weighted by molar-refractivity contribution is 5.79. The molecule has 0 bridgehead atoms. The van der Waals surface area contributed by atoms with Gasteiger partial charge in [-0.3, -0.25) is 0 Å². The van der Waals surface area contributed by atoms with Crippen molar-refractivity contribution in [2.75, 3.05) is 6.61 Å². The first kappa shape index (κ1) is 12.5. The maximum atomic E-state index is 5.98. The molecule has 19 heavy (non-hydrogen) atoms. The average Bonchev–Trinajstić information content (AvgIpc) is 2.49. The SMILES string of the molecule is CC1=C(C2CCCCC2)OCC=C1c1ccccc1. The topological polar surface area (TPSA) is 9.23 Å². The lowest BCUT2D eigenvalue weighted by molar-refractivity contribution is 0.179. The fourth-order valence-corrected chi connectivity index (χ4v) is 3.35. The van der Waals surface area contributed by atoms with Gasteiger partial charge in [0, 0.05) is 5.92 Å². The Hall–Kier alpha value is -1.50. The molecule has 1 aliphatic carbocycles. The van der Waals surface area contributed by atoms with Gasteiger partial charge in [-0.15, -0.1) is 0 Å². The normalized spacial score (nSPS) is 21.0. The lowest BCUT2D eigenvalue weighted by Gasteiger charge is -2.29. The van der Waals surface area contributed by atoms with Crippen molar-refractivity contribution in [1.82, 2.24) is 0 Å². The van der Waals surface area contributed by atoms with Crippen LogP contribution < -0.4 is 0 Å². The van der Waals surface area contributed by atoms with E-state index in [9.17, 15) is 0 Å². The highest BCUT2D eigenvalue weighted by Gasteiger charge is 2.24. The minimum Gasteiger partial charge on any atom is -0.493 e. The molecule has 0 spiro atoms. The third-order valence-corrected chi connectivity index (χ3v) is 4.36. The van der Waals surface area contributed by atoms with Crippen molar-refractivity contribution in [3.8, 4) is 0 Å². The molecule has 1 fully saturated rings. The zero-order chi connectivity index (χ0) is 13.1. The molecule has 0 radical (unpaired) electrons. The van der Waals surface area contributed by atoms with E-state index in [2.05, 4.69) is 43.3 Å². The van der Waals surface area contributed by atoms with Crippen LogP contribution in [0.25, 0.3) is 5.57 Å². The van der Waals surface area contributed by atoms with Crippen LogP contribution in [0.4, 0.5) is 0 Å². The van der Waals surface area contributed by atoms with E-state index in [1.165, 1.54) is 54.6 Å². The molecule has 1 heterocycles. The highest BCUT2D eigenvalue weighted by atomic mass is 16.5. The third-order valence-electron chi connectivity index (χ3n) is 4.36. The van der Waals surface area contributed by atoms with Gasteiger partial charge in [0.05, 0.1) is 0 Å². The third kappa shape index (κ3) is 2.60. The van der Waals surface area contributed by atoms with Crippen LogP contribution in [0.3, 0.4) is 0 Å². The molecule has 1 aliphatic heterocycles. The van der Waals surface area contributed by atoms with Gasteiger partial charge in [0.15, 0.2) is 0 Å². The van der Waals surface area contributed by atoms with Gasteiger partial charge in [0.2, 0.25) is 0 Å². The minimum absolute atomic E-state index is 0.654. The molecule has 1 heteroatoms.